The van der Waals surface area contributed by atoms with Crippen LogP contribution in [-0.2, 0) is 20.8 Å². The van der Waals surface area contributed by atoms with E-state index in [2.05, 4.69) is 4.57 Å². The van der Waals surface area contributed by atoms with E-state index in [0.29, 0.717) is 38.4 Å². The Kier molecular flexibility index (Phi) is 6.01. The molecule has 2 atom stereocenters. The molecule has 24 heavy (non-hydrogen) atoms. The van der Waals surface area contributed by atoms with Crippen LogP contribution in [0.4, 0.5) is 0 Å². The van der Waals surface area contributed by atoms with Crippen molar-refractivity contribution in [3.63, 3.8) is 0 Å². The fourth-order valence-corrected chi connectivity index (χ4v) is 3.46. The van der Waals surface area contributed by atoms with Crippen LogP contribution in [0.3, 0.4) is 0 Å². The van der Waals surface area contributed by atoms with E-state index in [0.717, 1.165) is 11.4 Å². The van der Waals surface area contributed by atoms with E-state index in [1.54, 1.807) is 19.1 Å². The molecule has 134 valence electrons. The molecule has 0 aliphatic carbocycles. The van der Waals surface area contributed by atoms with Crippen molar-refractivity contribution >= 4 is 11.8 Å². The Morgan fingerprint density at radius 1 is 1.25 bits per heavy atom. The van der Waals surface area contributed by atoms with E-state index < -0.39 is 0 Å². The van der Waals surface area contributed by atoms with Crippen LogP contribution < -0.4 is 5.73 Å². The number of methoxy groups -OCH3 is 2. The maximum atomic E-state index is 12.9. The van der Waals surface area contributed by atoms with Gasteiger partial charge in [0.05, 0.1) is 24.7 Å². The number of likely N-dealkylation sites (tertiary alicyclic amines) is 1. The summed E-state index contributed by atoms with van der Waals surface area (Å²) in [5.74, 6) is -0.839. The average Bonchev–Trinajstić information content (AvgIpc) is 3.07. The number of hydrogen-bond donors (Lipinski definition) is 1. The number of amides is 2. The summed E-state index contributed by atoms with van der Waals surface area (Å²) in [6.07, 6.45) is 0. The lowest BCUT2D eigenvalue weighted by molar-refractivity contribution is -0.122. The van der Waals surface area contributed by atoms with E-state index in [9.17, 15) is 9.59 Å². The second-order valence-electron chi connectivity index (χ2n) is 6.36. The Labute approximate surface area is 142 Å². The van der Waals surface area contributed by atoms with E-state index >= 15 is 0 Å². The van der Waals surface area contributed by atoms with E-state index in [1.807, 2.05) is 19.9 Å². The molecule has 0 radical (unpaired) electrons. The highest BCUT2D eigenvalue weighted by Crippen LogP contribution is 2.26. The molecule has 7 heteroatoms. The molecule has 1 aliphatic rings. The van der Waals surface area contributed by atoms with Gasteiger partial charge < -0.3 is 24.7 Å². The molecule has 1 aromatic heterocycles. The maximum absolute atomic E-state index is 12.9. The normalized spacial score (nSPS) is 20.6. The van der Waals surface area contributed by atoms with Crippen LogP contribution >= 0.6 is 0 Å². The van der Waals surface area contributed by atoms with Crippen LogP contribution in [0.2, 0.25) is 0 Å². The molecule has 1 aromatic rings. The SMILES string of the molecule is COCCn1c(C)cc(C(=O)N2C[C@@H](COC)[C@H](C(N)=O)C2)c1C. The standard InChI is InChI=1S/C17H27N3O4/c1-11-7-14(12(2)20(11)5-6-23-3)17(22)19-8-13(10-24-4)15(9-19)16(18)21/h7,13,15H,5-6,8-10H2,1-4H3,(H2,18,21)/t13-,15+/m0/s1. The predicted molar refractivity (Wildman–Crippen MR) is 89.7 cm³/mol. The van der Waals surface area contributed by atoms with Gasteiger partial charge in [0.1, 0.15) is 0 Å². The highest BCUT2D eigenvalue weighted by atomic mass is 16.5. The van der Waals surface area contributed by atoms with Gasteiger partial charge in [0, 0.05) is 51.2 Å². The summed E-state index contributed by atoms with van der Waals surface area (Å²) in [6, 6.07) is 1.90. The molecule has 2 N–H and O–H groups in total. The predicted octanol–water partition coefficient (Wildman–Crippen LogP) is 0.571. The Balaban J connectivity index is 2.19. The van der Waals surface area contributed by atoms with Gasteiger partial charge in [-0.25, -0.2) is 0 Å². The maximum Gasteiger partial charge on any atom is 0.255 e. The smallest absolute Gasteiger partial charge is 0.255 e. The molecule has 0 unspecified atom stereocenters. The van der Waals surface area contributed by atoms with Crippen molar-refractivity contribution in [2.45, 2.75) is 20.4 Å². The number of nitrogens with zero attached hydrogens (tertiary/aromatic N) is 2. The number of hydrogen-bond acceptors (Lipinski definition) is 4. The van der Waals surface area contributed by atoms with Crippen LogP contribution in [-0.4, -0.2) is 61.8 Å². The minimum Gasteiger partial charge on any atom is -0.384 e. The number of carbonyl (C=O) groups excluding carboxylic acids is 2. The summed E-state index contributed by atoms with van der Waals surface area (Å²) < 4.78 is 12.4. The number of rotatable bonds is 7. The molecule has 1 saturated heterocycles. The lowest BCUT2D eigenvalue weighted by Gasteiger charge is -2.16. The second-order valence-corrected chi connectivity index (χ2v) is 6.36. The fourth-order valence-electron chi connectivity index (χ4n) is 3.46. The first-order valence-corrected chi connectivity index (χ1v) is 8.13. The lowest BCUT2D eigenvalue weighted by Crippen LogP contribution is -2.32. The molecule has 0 saturated carbocycles. The quantitative estimate of drug-likeness (QED) is 0.788. The summed E-state index contributed by atoms with van der Waals surface area (Å²) in [7, 11) is 3.25. The van der Waals surface area contributed by atoms with Crippen molar-refractivity contribution in [1.29, 1.82) is 0 Å². The first-order valence-electron chi connectivity index (χ1n) is 8.13. The van der Waals surface area contributed by atoms with Crippen LogP contribution in [0.15, 0.2) is 6.07 Å². The summed E-state index contributed by atoms with van der Waals surface area (Å²) >= 11 is 0. The number of nitrogens with two attached hydrogens (primary N) is 1. The summed E-state index contributed by atoms with van der Waals surface area (Å²) in [6.45, 7) is 6.47. The Morgan fingerprint density at radius 2 is 1.96 bits per heavy atom. The Morgan fingerprint density at radius 3 is 2.54 bits per heavy atom. The first-order chi connectivity index (χ1) is 11.4. The molecule has 0 bridgehead atoms. The zero-order valence-electron chi connectivity index (χ0n) is 14.9. The molecule has 2 amide bonds. The molecule has 7 nitrogen and oxygen atoms in total. The number of ether oxygens (including phenoxy) is 2. The minimum absolute atomic E-state index is 0.0477. The first kappa shape index (κ1) is 18.5. The van der Waals surface area contributed by atoms with E-state index in [-0.39, 0.29) is 23.7 Å². The molecular weight excluding hydrogens is 310 g/mol. The summed E-state index contributed by atoms with van der Waals surface area (Å²) in [5.41, 5.74) is 8.09. The van der Waals surface area contributed by atoms with Crippen LogP contribution in [0.5, 0.6) is 0 Å². The topological polar surface area (TPSA) is 86.8 Å². The van der Waals surface area contributed by atoms with Gasteiger partial charge in [-0.3, -0.25) is 9.59 Å². The Bertz CT molecular complexity index is 611. The molecule has 2 rings (SSSR count). The lowest BCUT2D eigenvalue weighted by atomic mass is 9.96. The number of primary amides is 1. The number of aryl methyl sites for hydroxylation is 1. The van der Waals surface area contributed by atoms with Crippen molar-refractivity contribution < 1.29 is 19.1 Å². The zero-order chi connectivity index (χ0) is 17.9. The van der Waals surface area contributed by atoms with E-state index in [4.69, 9.17) is 15.2 Å². The molecule has 0 spiro atoms. The van der Waals surface area contributed by atoms with Crippen LogP contribution in [0.25, 0.3) is 0 Å². The average molecular weight is 337 g/mol. The number of carbonyl (C=O) groups is 2. The molecule has 1 fully saturated rings. The summed E-state index contributed by atoms with van der Waals surface area (Å²) in [4.78, 5) is 26.3. The van der Waals surface area contributed by atoms with Gasteiger partial charge in [-0.2, -0.15) is 0 Å². The molecule has 1 aliphatic heterocycles. The second kappa shape index (κ2) is 7.81. The molecule has 2 heterocycles. The third-order valence-electron chi connectivity index (χ3n) is 4.80. The third-order valence-corrected chi connectivity index (χ3v) is 4.80. The van der Waals surface area contributed by atoms with Gasteiger partial charge in [-0.15, -0.1) is 0 Å². The van der Waals surface area contributed by atoms with Gasteiger partial charge in [-0.05, 0) is 19.9 Å². The highest BCUT2D eigenvalue weighted by molar-refractivity contribution is 5.96. The van der Waals surface area contributed by atoms with Gasteiger partial charge in [-0.1, -0.05) is 0 Å². The minimum atomic E-state index is -0.377. The molecule has 0 aromatic carbocycles. The van der Waals surface area contributed by atoms with Crippen LogP contribution in [0, 0.1) is 25.7 Å². The van der Waals surface area contributed by atoms with Crippen LogP contribution in [0.1, 0.15) is 21.7 Å². The van der Waals surface area contributed by atoms with Crippen molar-refractivity contribution in [3.8, 4) is 0 Å². The van der Waals surface area contributed by atoms with E-state index in [1.165, 1.54) is 0 Å². The Hall–Kier alpha value is -1.86. The summed E-state index contributed by atoms with van der Waals surface area (Å²) in [5, 5.41) is 0. The fraction of sp³-hybridized carbons (Fsp3) is 0.647. The van der Waals surface area contributed by atoms with Gasteiger partial charge in [0.2, 0.25) is 5.91 Å². The monoisotopic (exact) mass is 337 g/mol. The largest absolute Gasteiger partial charge is 0.384 e. The van der Waals surface area contributed by atoms with Gasteiger partial charge >= 0.3 is 0 Å². The van der Waals surface area contributed by atoms with Gasteiger partial charge in [0.15, 0.2) is 0 Å². The van der Waals surface area contributed by atoms with Crippen molar-refractivity contribution in [3.05, 3.63) is 23.0 Å². The zero-order valence-corrected chi connectivity index (χ0v) is 14.9. The molecular formula is C17H27N3O4. The number of aromatic nitrogens is 1. The highest BCUT2D eigenvalue weighted by Gasteiger charge is 2.39. The van der Waals surface area contributed by atoms with Gasteiger partial charge in [0.25, 0.3) is 5.91 Å². The van der Waals surface area contributed by atoms with Crippen molar-refractivity contribution in [1.82, 2.24) is 9.47 Å². The third kappa shape index (κ3) is 3.62. The van der Waals surface area contributed by atoms with Crippen molar-refractivity contribution in [2.75, 3.05) is 40.5 Å². The van der Waals surface area contributed by atoms with Crippen molar-refractivity contribution in [2.24, 2.45) is 17.6 Å².